The number of carbonyl (C=O) groups is 1. The zero-order valence-electron chi connectivity index (χ0n) is 40.8. The maximum absolute atomic E-state index is 12.9. The molecule has 380 valence electrons. The van der Waals surface area contributed by atoms with Gasteiger partial charge in [-0.3, -0.25) is 9.35 Å². The Labute approximate surface area is 396 Å². The van der Waals surface area contributed by atoms with Crippen molar-refractivity contribution in [3.8, 4) is 0 Å². The summed E-state index contributed by atoms with van der Waals surface area (Å²) in [7, 11) is -5.07. The van der Waals surface area contributed by atoms with Crippen molar-refractivity contribution in [2.45, 2.75) is 250 Å². The van der Waals surface area contributed by atoms with Crippen LogP contribution in [0.1, 0.15) is 213 Å². The van der Waals surface area contributed by atoms with Crippen molar-refractivity contribution in [2.75, 3.05) is 26.4 Å². The lowest BCUT2D eigenvalue weighted by Gasteiger charge is -2.41. The number of unbranched alkanes of at least 4 members (excludes halogenated alkanes) is 24. The molecule has 1 fully saturated rings. The average molecular weight is 943 g/mol. The summed E-state index contributed by atoms with van der Waals surface area (Å²) in [6.45, 7) is 3.90. The van der Waals surface area contributed by atoms with E-state index >= 15 is 0 Å². The Morgan fingerprint density at radius 1 is 0.600 bits per heavy atom. The monoisotopic (exact) mass is 943 g/mol. The number of allylic oxidation sites excluding steroid dienone is 8. The van der Waals surface area contributed by atoms with Crippen molar-refractivity contribution < 1.29 is 56.2 Å². The molecule has 1 heterocycles. The van der Waals surface area contributed by atoms with Gasteiger partial charge in [-0.1, -0.05) is 204 Å². The first kappa shape index (κ1) is 61.1. The molecule has 1 aliphatic heterocycles. The second-order valence-electron chi connectivity index (χ2n) is 17.7. The van der Waals surface area contributed by atoms with Gasteiger partial charge in [0, 0.05) is 13.0 Å². The van der Waals surface area contributed by atoms with Crippen LogP contribution >= 0.6 is 0 Å². The lowest BCUT2D eigenvalue weighted by Crippen LogP contribution is -2.60. The van der Waals surface area contributed by atoms with E-state index in [1.807, 2.05) is 0 Å². The predicted molar refractivity (Wildman–Crippen MR) is 262 cm³/mol. The lowest BCUT2D eigenvalue weighted by molar-refractivity contribution is -0.301. The molecule has 1 saturated heterocycles. The van der Waals surface area contributed by atoms with Gasteiger partial charge in [0.05, 0.1) is 19.8 Å². The maximum Gasteiger partial charge on any atom is 0.397 e. The number of aliphatic hydroxyl groups is 3. The van der Waals surface area contributed by atoms with Gasteiger partial charge in [0.1, 0.15) is 30.5 Å². The second-order valence-corrected chi connectivity index (χ2v) is 18.8. The summed E-state index contributed by atoms with van der Waals surface area (Å²) in [5.74, 6) is -0.405. The van der Waals surface area contributed by atoms with Gasteiger partial charge in [0.15, 0.2) is 6.29 Å². The van der Waals surface area contributed by atoms with E-state index in [-0.39, 0.29) is 19.6 Å². The van der Waals surface area contributed by atoms with Crippen molar-refractivity contribution in [2.24, 2.45) is 0 Å². The Hall–Kier alpha value is -1.94. The number of carbonyl (C=O) groups excluding carboxylic acids is 1. The standard InChI is InChI=1S/C52H94O12S/c1-3-5-7-9-11-13-15-17-19-21-22-23-24-25-27-29-31-33-35-37-39-41-48(54)62-46(45-61-52-50(56)51(64-65(57,58)59)49(55)47(43-53)63-52)44-60-42-40-38-36-34-32-30-28-26-20-18-16-14-12-10-8-6-4-2/h5,7,11,13,17,19,22-23,46-47,49-53,55-56H,3-4,6,8-10,12,14-16,18,20-21,24-45H2,1-2H3,(H,57,58,59)/b7-5-,13-11-,19-17-,23-22-. The van der Waals surface area contributed by atoms with Gasteiger partial charge < -0.3 is 34.3 Å². The molecular formula is C52H94O12S. The number of hydrogen-bond acceptors (Lipinski definition) is 11. The van der Waals surface area contributed by atoms with Crippen LogP contribution < -0.4 is 0 Å². The fourth-order valence-electron chi connectivity index (χ4n) is 7.84. The minimum Gasteiger partial charge on any atom is -0.457 e. The highest BCUT2D eigenvalue weighted by atomic mass is 32.3. The highest BCUT2D eigenvalue weighted by Crippen LogP contribution is 2.26. The highest BCUT2D eigenvalue weighted by molar-refractivity contribution is 7.80. The summed E-state index contributed by atoms with van der Waals surface area (Å²) in [6, 6.07) is 0. The smallest absolute Gasteiger partial charge is 0.397 e. The van der Waals surface area contributed by atoms with E-state index < -0.39 is 59.8 Å². The third-order valence-corrected chi connectivity index (χ3v) is 12.2. The number of hydrogen-bond donors (Lipinski definition) is 4. The van der Waals surface area contributed by atoms with Gasteiger partial charge in [0.25, 0.3) is 0 Å². The number of aliphatic hydroxyl groups excluding tert-OH is 3. The Balaban J connectivity index is 2.36. The van der Waals surface area contributed by atoms with Gasteiger partial charge in [-0.05, 0) is 51.4 Å². The molecular weight excluding hydrogens is 849 g/mol. The summed E-state index contributed by atoms with van der Waals surface area (Å²) in [4.78, 5) is 12.9. The van der Waals surface area contributed by atoms with Crippen molar-refractivity contribution in [3.63, 3.8) is 0 Å². The fourth-order valence-corrected chi connectivity index (χ4v) is 8.35. The SMILES string of the molecule is CC/C=C\C/C=C\C/C=C\C/C=C\CCCCCCCCCCC(=O)OC(COCCCCCCCCCCCCCCCCCCC)COC1OC(CO)C(O)C(OS(=O)(=O)O)C1O. The number of rotatable bonds is 45. The minimum absolute atomic E-state index is 0.0344. The molecule has 1 aliphatic rings. The van der Waals surface area contributed by atoms with Crippen molar-refractivity contribution in [1.82, 2.24) is 0 Å². The first-order valence-corrected chi connectivity index (χ1v) is 27.3. The van der Waals surface area contributed by atoms with Gasteiger partial charge in [-0.15, -0.1) is 0 Å². The molecule has 0 aliphatic carbocycles. The normalized spacial score (nSPS) is 20.0. The Kier molecular flexibility index (Phi) is 40.7. The predicted octanol–water partition coefficient (Wildman–Crippen LogP) is 11.9. The van der Waals surface area contributed by atoms with Crippen molar-refractivity contribution >= 4 is 16.4 Å². The Bertz CT molecular complexity index is 1320. The van der Waals surface area contributed by atoms with E-state index in [4.69, 9.17) is 18.9 Å². The molecule has 0 aromatic rings. The molecule has 0 aromatic carbocycles. The number of esters is 1. The van der Waals surface area contributed by atoms with Crippen molar-refractivity contribution in [1.29, 1.82) is 0 Å². The van der Waals surface area contributed by atoms with Crippen LogP contribution in [0.15, 0.2) is 48.6 Å². The van der Waals surface area contributed by atoms with Crippen LogP contribution in [0.3, 0.4) is 0 Å². The molecule has 0 amide bonds. The van der Waals surface area contributed by atoms with Crippen LogP contribution in [0.25, 0.3) is 0 Å². The minimum atomic E-state index is -5.07. The largest absolute Gasteiger partial charge is 0.457 e. The first-order valence-electron chi connectivity index (χ1n) is 25.9. The zero-order valence-corrected chi connectivity index (χ0v) is 41.6. The fraction of sp³-hybridized carbons (Fsp3) is 0.827. The van der Waals surface area contributed by atoms with Gasteiger partial charge >= 0.3 is 16.4 Å². The van der Waals surface area contributed by atoms with Crippen LogP contribution in [0, 0.1) is 0 Å². The van der Waals surface area contributed by atoms with E-state index in [0.29, 0.717) is 13.0 Å². The van der Waals surface area contributed by atoms with Crippen LogP contribution in [0.4, 0.5) is 0 Å². The van der Waals surface area contributed by atoms with E-state index in [2.05, 4.69) is 66.6 Å². The molecule has 0 spiro atoms. The van der Waals surface area contributed by atoms with Crippen LogP contribution in [0.2, 0.25) is 0 Å². The summed E-state index contributed by atoms with van der Waals surface area (Å²) in [5, 5.41) is 30.8. The lowest BCUT2D eigenvalue weighted by atomic mass is 9.99. The van der Waals surface area contributed by atoms with Crippen LogP contribution in [-0.2, 0) is 38.3 Å². The van der Waals surface area contributed by atoms with Gasteiger partial charge in [0.2, 0.25) is 0 Å². The average Bonchev–Trinajstić information content (AvgIpc) is 3.28. The third-order valence-electron chi connectivity index (χ3n) is 11.7. The summed E-state index contributed by atoms with van der Waals surface area (Å²) in [6.07, 6.45) is 44.2. The molecule has 0 saturated carbocycles. The molecule has 13 heteroatoms. The molecule has 12 nitrogen and oxygen atoms in total. The van der Waals surface area contributed by atoms with Crippen molar-refractivity contribution in [3.05, 3.63) is 48.6 Å². The Morgan fingerprint density at radius 2 is 1.06 bits per heavy atom. The summed E-state index contributed by atoms with van der Waals surface area (Å²) in [5.41, 5.74) is 0. The molecule has 65 heavy (non-hydrogen) atoms. The quantitative estimate of drug-likeness (QED) is 0.0197. The third kappa shape index (κ3) is 36.7. The second kappa shape index (κ2) is 43.3. The van der Waals surface area contributed by atoms with Crippen LogP contribution in [-0.4, -0.2) is 97.5 Å². The summed E-state index contributed by atoms with van der Waals surface area (Å²) >= 11 is 0. The van der Waals surface area contributed by atoms with E-state index in [1.165, 1.54) is 116 Å². The van der Waals surface area contributed by atoms with Gasteiger partial charge in [-0.25, -0.2) is 4.18 Å². The van der Waals surface area contributed by atoms with Gasteiger partial charge in [-0.2, -0.15) is 8.42 Å². The molecule has 0 aromatic heterocycles. The molecule has 4 N–H and O–H groups in total. The van der Waals surface area contributed by atoms with Crippen LogP contribution in [0.5, 0.6) is 0 Å². The van der Waals surface area contributed by atoms with E-state index in [9.17, 15) is 33.1 Å². The zero-order chi connectivity index (χ0) is 47.5. The summed E-state index contributed by atoms with van der Waals surface area (Å²) < 4.78 is 59.3. The molecule has 0 radical (unpaired) electrons. The Morgan fingerprint density at radius 3 is 1.55 bits per heavy atom. The topological polar surface area (TPSA) is 178 Å². The van der Waals surface area contributed by atoms with E-state index in [1.54, 1.807) is 0 Å². The molecule has 6 atom stereocenters. The highest BCUT2D eigenvalue weighted by Gasteiger charge is 2.48. The molecule has 0 bridgehead atoms. The first-order chi connectivity index (χ1) is 31.6. The maximum atomic E-state index is 12.9. The molecule has 6 unspecified atom stereocenters. The van der Waals surface area contributed by atoms with E-state index in [0.717, 1.165) is 70.6 Å². The number of ether oxygens (including phenoxy) is 4. The molecule has 1 rings (SSSR count).